The Morgan fingerprint density at radius 1 is 1.12 bits per heavy atom. The Bertz CT molecular complexity index is 1060. The molecule has 2 heterocycles. The van der Waals surface area contributed by atoms with Crippen molar-refractivity contribution in [3.8, 4) is 28.5 Å². The smallest absolute Gasteiger partial charge is 0.416 e. The van der Waals surface area contributed by atoms with Crippen LogP contribution in [0.15, 0.2) is 76.3 Å². The molecule has 0 aliphatic rings. The molecule has 0 spiro atoms. The number of phenols is 1. The first-order chi connectivity index (χ1) is 12.2. The number of benzene rings is 2. The van der Waals surface area contributed by atoms with Crippen LogP contribution in [0.2, 0.25) is 0 Å². The summed E-state index contributed by atoms with van der Waals surface area (Å²) in [5, 5.41) is 9.67. The van der Waals surface area contributed by atoms with Gasteiger partial charge in [-0.15, -0.1) is 0 Å². The molecule has 0 saturated heterocycles. The van der Waals surface area contributed by atoms with Crippen LogP contribution in [0.25, 0.3) is 22.7 Å². The van der Waals surface area contributed by atoms with Gasteiger partial charge in [0.25, 0.3) is 0 Å². The monoisotopic (exact) mass is 333 g/mol. The molecule has 4 rings (SSSR count). The van der Waals surface area contributed by atoms with Gasteiger partial charge in [-0.25, -0.2) is 9.78 Å². The topological polar surface area (TPSA) is 84.0 Å². The normalized spacial score (nSPS) is 10.9. The van der Waals surface area contributed by atoms with Crippen LogP contribution >= 0.6 is 0 Å². The fraction of sp³-hybridized carbons (Fsp3) is 0.0526. The van der Waals surface area contributed by atoms with E-state index in [0.29, 0.717) is 18.0 Å². The van der Waals surface area contributed by atoms with Crippen LogP contribution in [0.5, 0.6) is 5.75 Å². The fourth-order valence-electron chi connectivity index (χ4n) is 2.82. The summed E-state index contributed by atoms with van der Waals surface area (Å²) >= 11 is 0. The van der Waals surface area contributed by atoms with Crippen molar-refractivity contribution in [1.29, 1.82) is 0 Å². The van der Waals surface area contributed by atoms with E-state index in [4.69, 9.17) is 4.42 Å². The minimum atomic E-state index is -0.515. The summed E-state index contributed by atoms with van der Waals surface area (Å²) in [4.78, 5) is 18.5. The highest BCUT2D eigenvalue weighted by molar-refractivity contribution is 5.75. The third-order valence-corrected chi connectivity index (χ3v) is 3.91. The zero-order chi connectivity index (χ0) is 17.2. The van der Waals surface area contributed by atoms with E-state index in [0.717, 1.165) is 16.8 Å². The third-order valence-electron chi connectivity index (χ3n) is 3.91. The number of nitrogens with one attached hydrogen (secondary N) is 1. The number of nitrogens with zero attached hydrogens (tertiary/aromatic N) is 2. The lowest BCUT2D eigenvalue weighted by Crippen LogP contribution is -2.01. The predicted octanol–water partition coefficient (Wildman–Crippen LogP) is 3.25. The zero-order valence-electron chi connectivity index (χ0n) is 13.2. The third kappa shape index (κ3) is 2.97. The van der Waals surface area contributed by atoms with Crippen LogP contribution in [0.3, 0.4) is 0 Å². The first-order valence-electron chi connectivity index (χ1n) is 7.78. The summed E-state index contributed by atoms with van der Waals surface area (Å²) in [6, 6.07) is 16.7. The summed E-state index contributed by atoms with van der Waals surface area (Å²) in [5.74, 6) is 0.108. The van der Waals surface area contributed by atoms with E-state index in [9.17, 15) is 9.90 Å². The number of hydrogen-bond acceptors (Lipinski definition) is 4. The second-order valence-electron chi connectivity index (χ2n) is 5.65. The Morgan fingerprint density at radius 2 is 1.96 bits per heavy atom. The maximum Gasteiger partial charge on any atom is 0.416 e. The van der Waals surface area contributed by atoms with Gasteiger partial charge in [0.2, 0.25) is 0 Å². The van der Waals surface area contributed by atoms with Gasteiger partial charge >= 0.3 is 5.76 Å². The largest absolute Gasteiger partial charge is 0.508 e. The molecule has 2 aromatic carbocycles. The average Bonchev–Trinajstić information content (AvgIpc) is 3.22. The van der Waals surface area contributed by atoms with E-state index in [-0.39, 0.29) is 5.75 Å². The zero-order valence-corrected chi connectivity index (χ0v) is 13.2. The maximum absolute atomic E-state index is 11.5. The number of oxazole rings is 1. The van der Waals surface area contributed by atoms with Gasteiger partial charge in [0.1, 0.15) is 11.4 Å². The second-order valence-corrected chi connectivity index (χ2v) is 5.65. The summed E-state index contributed by atoms with van der Waals surface area (Å²) in [6.45, 7) is 0.485. The minimum absolute atomic E-state index is 0.204. The summed E-state index contributed by atoms with van der Waals surface area (Å²) in [6.07, 6.45) is 3.24. The number of imidazole rings is 1. The average molecular weight is 333 g/mol. The molecule has 0 aliphatic heterocycles. The molecule has 0 aliphatic carbocycles. The molecule has 0 bridgehead atoms. The van der Waals surface area contributed by atoms with E-state index >= 15 is 0 Å². The van der Waals surface area contributed by atoms with Crippen molar-refractivity contribution in [3.63, 3.8) is 0 Å². The molecule has 124 valence electrons. The van der Waals surface area contributed by atoms with Crippen LogP contribution in [0.4, 0.5) is 0 Å². The van der Waals surface area contributed by atoms with Crippen LogP contribution in [-0.2, 0) is 6.54 Å². The van der Waals surface area contributed by atoms with E-state index < -0.39 is 5.76 Å². The molecular formula is C19H15N3O3. The van der Waals surface area contributed by atoms with E-state index in [1.54, 1.807) is 24.5 Å². The lowest BCUT2D eigenvalue weighted by Gasteiger charge is -2.08. The summed E-state index contributed by atoms with van der Waals surface area (Å²) in [7, 11) is 0. The van der Waals surface area contributed by atoms with E-state index in [2.05, 4.69) is 9.97 Å². The van der Waals surface area contributed by atoms with Crippen molar-refractivity contribution in [1.82, 2.24) is 14.5 Å². The van der Waals surface area contributed by atoms with Crippen LogP contribution in [-0.4, -0.2) is 19.6 Å². The Balaban J connectivity index is 1.84. The van der Waals surface area contributed by atoms with Crippen molar-refractivity contribution < 1.29 is 9.52 Å². The quantitative estimate of drug-likeness (QED) is 0.600. The highest BCUT2D eigenvalue weighted by Gasteiger charge is 2.18. The highest BCUT2D eigenvalue weighted by Crippen LogP contribution is 2.31. The van der Waals surface area contributed by atoms with Crippen LogP contribution < -0.4 is 5.76 Å². The molecule has 0 saturated carbocycles. The van der Waals surface area contributed by atoms with Gasteiger partial charge < -0.3 is 14.1 Å². The SMILES string of the molecule is O=c1[nH]cc(-c2c(-c3ccccc3)ncn2Cc2cccc(O)c2)o1. The molecule has 2 aromatic heterocycles. The van der Waals surface area contributed by atoms with Crippen molar-refractivity contribution in [2.45, 2.75) is 6.54 Å². The summed E-state index contributed by atoms with van der Waals surface area (Å²) in [5.41, 5.74) is 3.27. The highest BCUT2D eigenvalue weighted by atomic mass is 16.4. The number of aromatic nitrogens is 3. The lowest BCUT2D eigenvalue weighted by atomic mass is 10.1. The van der Waals surface area contributed by atoms with Gasteiger partial charge in [-0.3, -0.25) is 4.98 Å². The lowest BCUT2D eigenvalue weighted by molar-refractivity contribution is 0.474. The molecule has 0 radical (unpaired) electrons. The van der Waals surface area contributed by atoms with Crippen molar-refractivity contribution >= 4 is 0 Å². The fourth-order valence-corrected chi connectivity index (χ4v) is 2.82. The van der Waals surface area contributed by atoms with Crippen molar-refractivity contribution in [2.75, 3.05) is 0 Å². The predicted molar refractivity (Wildman–Crippen MR) is 93.2 cm³/mol. The molecule has 4 aromatic rings. The first kappa shape index (κ1) is 15.0. The minimum Gasteiger partial charge on any atom is -0.508 e. The van der Waals surface area contributed by atoms with Gasteiger partial charge in [-0.2, -0.15) is 0 Å². The Kier molecular flexibility index (Phi) is 3.70. The number of H-pyrrole nitrogens is 1. The Hall–Kier alpha value is -3.54. The first-order valence-corrected chi connectivity index (χ1v) is 7.78. The molecule has 0 fully saturated rings. The molecule has 0 atom stereocenters. The number of rotatable bonds is 4. The Morgan fingerprint density at radius 3 is 2.68 bits per heavy atom. The molecule has 0 unspecified atom stereocenters. The molecule has 25 heavy (non-hydrogen) atoms. The number of aromatic amines is 1. The van der Waals surface area contributed by atoms with E-state index in [1.807, 2.05) is 41.0 Å². The molecular weight excluding hydrogens is 318 g/mol. The molecule has 2 N–H and O–H groups in total. The molecule has 6 nitrogen and oxygen atoms in total. The van der Waals surface area contributed by atoms with Gasteiger partial charge in [0.05, 0.1) is 18.2 Å². The molecule has 0 amide bonds. The number of phenolic OH excluding ortho intramolecular Hbond substituents is 1. The van der Waals surface area contributed by atoms with Crippen molar-refractivity contribution in [2.24, 2.45) is 0 Å². The van der Waals surface area contributed by atoms with Gasteiger partial charge in [-0.05, 0) is 17.7 Å². The number of hydrogen-bond donors (Lipinski definition) is 2. The maximum atomic E-state index is 11.5. The summed E-state index contributed by atoms with van der Waals surface area (Å²) < 4.78 is 7.16. The Labute approximate surface area is 143 Å². The van der Waals surface area contributed by atoms with Gasteiger partial charge in [-0.1, -0.05) is 42.5 Å². The van der Waals surface area contributed by atoms with E-state index in [1.165, 1.54) is 6.20 Å². The second kappa shape index (κ2) is 6.16. The number of aromatic hydroxyl groups is 1. The van der Waals surface area contributed by atoms with Gasteiger partial charge in [0.15, 0.2) is 5.76 Å². The standard InChI is InChI=1S/C19H15N3O3/c23-15-8-4-5-13(9-15)11-22-12-21-17(14-6-2-1-3-7-14)18(22)16-10-20-19(24)25-16/h1-10,12,23H,11H2,(H,20,24). The van der Waals surface area contributed by atoms with Crippen LogP contribution in [0.1, 0.15) is 5.56 Å². The molecule has 6 heteroatoms. The van der Waals surface area contributed by atoms with Crippen molar-refractivity contribution in [3.05, 3.63) is 83.2 Å². The van der Waals surface area contributed by atoms with Crippen LogP contribution in [0, 0.1) is 0 Å². The van der Waals surface area contributed by atoms with Gasteiger partial charge in [0, 0.05) is 12.1 Å².